The third-order valence-electron chi connectivity index (χ3n) is 9.88. The van der Waals surface area contributed by atoms with Crippen molar-refractivity contribution in [2.24, 2.45) is 17.6 Å². The number of benzene rings is 2. The fraction of sp³-hybridized carbons (Fsp3) is 0.463. The lowest BCUT2D eigenvalue weighted by Crippen LogP contribution is -2.52. The van der Waals surface area contributed by atoms with Crippen LogP contribution in [0.4, 0.5) is 10.5 Å². The van der Waals surface area contributed by atoms with Crippen LogP contribution in [0.15, 0.2) is 60.8 Å². The van der Waals surface area contributed by atoms with Gasteiger partial charge in [0.15, 0.2) is 5.82 Å². The van der Waals surface area contributed by atoms with E-state index in [-0.39, 0.29) is 30.1 Å². The highest BCUT2D eigenvalue weighted by atomic mass is 16.6. The number of nitrogens with zero attached hydrogens (tertiary/aromatic N) is 6. The molecule has 0 bridgehead atoms. The molecule has 0 unspecified atom stereocenters. The first-order chi connectivity index (χ1) is 26.7. The number of tetrazole rings is 1. The summed E-state index contributed by atoms with van der Waals surface area (Å²) in [5, 5.41) is 19.8. The summed E-state index contributed by atoms with van der Waals surface area (Å²) in [5.41, 5.74) is 10.6. The van der Waals surface area contributed by atoms with Crippen LogP contribution in [0.3, 0.4) is 0 Å². The van der Waals surface area contributed by atoms with Crippen molar-refractivity contribution < 1.29 is 23.9 Å². The van der Waals surface area contributed by atoms with Gasteiger partial charge in [-0.3, -0.25) is 24.3 Å². The van der Waals surface area contributed by atoms with Gasteiger partial charge in [0.1, 0.15) is 17.3 Å². The predicted octanol–water partition coefficient (Wildman–Crippen LogP) is 4.68. The maximum absolute atomic E-state index is 14.5. The highest BCUT2D eigenvalue weighted by molar-refractivity contribution is 6.02. The summed E-state index contributed by atoms with van der Waals surface area (Å²) < 4.78 is 5.38. The predicted molar refractivity (Wildman–Crippen MR) is 213 cm³/mol. The normalized spacial score (nSPS) is 16.2. The molecular formula is C41H54N10O5. The third-order valence-corrected chi connectivity index (χ3v) is 9.88. The van der Waals surface area contributed by atoms with Crippen molar-refractivity contribution in [3.63, 3.8) is 0 Å². The molecule has 15 heteroatoms. The van der Waals surface area contributed by atoms with Crippen LogP contribution in [0.2, 0.25) is 0 Å². The van der Waals surface area contributed by atoms with Crippen LogP contribution in [-0.2, 0) is 20.7 Å². The summed E-state index contributed by atoms with van der Waals surface area (Å²) in [7, 11) is 3.99. The van der Waals surface area contributed by atoms with Gasteiger partial charge in [-0.25, -0.2) is 9.89 Å². The van der Waals surface area contributed by atoms with Gasteiger partial charge in [-0.1, -0.05) is 24.3 Å². The first-order valence-corrected chi connectivity index (χ1v) is 19.1. The molecule has 0 spiro atoms. The van der Waals surface area contributed by atoms with Gasteiger partial charge in [-0.05, 0) is 144 Å². The molecule has 298 valence electrons. The monoisotopic (exact) mass is 766 g/mol. The molecule has 1 atom stereocenters. The van der Waals surface area contributed by atoms with E-state index in [4.69, 9.17) is 10.5 Å². The number of aromatic nitrogens is 5. The van der Waals surface area contributed by atoms with Gasteiger partial charge in [0, 0.05) is 48.4 Å². The molecule has 2 aromatic heterocycles. The second-order valence-electron chi connectivity index (χ2n) is 15.7. The van der Waals surface area contributed by atoms with Gasteiger partial charge in [0.05, 0.1) is 0 Å². The summed E-state index contributed by atoms with van der Waals surface area (Å²) in [4.78, 5) is 60.7. The third kappa shape index (κ3) is 11.4. The zero-order chi connectivity index (χ0) is 40.4. The van der Waals surface area contributed by atoms with Crippen LogP contribution in [0.25, 0.3) is 22.5 Å². The number of aryl methyl sites for hydroxylation is 1. The van der Waals surface area contributed by atoms with Crippen LogP contribution in [0, 0.1) is 18.8 Å². The maximum Gasteiger partial charge on any atom is 0.407 e. The van der Waals surface area contributed by atoms with Crippen LogP contribution in [0.1, 0.15) is 74.5 Å². The Labute approximate surface area is 328 Å². The van der Waals surface area contributed by atoms with Crippen molar-refractivity contribution in [3.8, 4) is 22.5 Å². The van der Waals surface area contributed by atoms with E-state index < -0.39 is 23.6 Å². The van der Waals surface area contributed by atoms with Gasteiger partial charge in [0.25, 0.3) is 5.91 Å². The quantitative estimate of drug-likeness (QED) is 0.123. The van der Waals surface area contributed by atoms with Crippen molar-refractivity contribution >= 4 is 29.5 Å². The molecule has 0 aliphatic heterocycles. The molecule has 1 aliphatic carbocycles. The topological polar surface area (TPSA) is 201 Å². The molecule has 0 saturated heterocycles. The number of carbonyl (C=O) groups is 4. The average Bonchev–Trinajstić information content (AvgIpc) is 3.71. The number of aromatic amines is 1. The zero-order valence-corrected chi connectivity index (χ0v) is 33.2. The Morgan fingerprint density at radius 1 is 0.964 bits per heavy atom. The fourth-order valence-electron chi connectivity index (χ4n) is 6.91. The number of primary amides is 1. The van der Waals surface area contributed by atoms with Crippen LogP contribution in [-0.4, -0.2) is 99.7 Å². The van der Waals surface area contributed by atoms with E-state index in [0.717, 1.165) is 48.1 Å². The molecule has 2 aromatic carbocycles. The van der Waals surface area contributed by atoms with Crippen LogP contribution < -0.4 is 21.3 Å². The first-order valence-electron chi connectivity index (χ1n) is 19.1. The number of anilines is 1. The summed E-state index contributed by atoms with van der Waals surface area (Å²) in [5.74, 6) is -0.686. The smallest absolute Gasteiger partial charge is 0.407 e. The van der Waals surface area contributed by atoms with Crippen molar-refractivity contribution in [2.45, 2.75) is 77.9 Å². The Kier molecular flexibility index (Phi) is 13.9. The van der Waals surface area contributed by atoms with E-state index in [1.54, 1.807) is 41.4 Å². The number of amides is 4. The number of ether oxygens (including phenoxy) is 1. The number of hydrogen-bond acceptors (Lipinski definition) is 10. The molecule has 4 amide bonds. The maximum atomic E-state index is 14.5. The van der Waals surface area contributed by atoms with E-state index in [2.05, 4.69) is 41.1 Å². The Bertz CT molecular complexity index is 1930. The van der Waals surface area contributed by atoms with Gasteiger partial charge >= 0.3 is 6.09 Å². The minimum absolute atomic E-state index is 0.179. The molecule has 5 rings (SSSR count). The molecule has 1 fully saturated rings. The number of rotatable bonds is 15. The van der Waals surface area contributed by atoms with E-state index in [9.17, 15) is 19.2 Å². The second-order valence-corrected chi connectivity index (χ2v) is 15.7. The van der Waals surface area contributed by atoms with Gasteiger partial charge in [-0.15, -0.1) is 5.10 Å². The molecule has 56 heavy (non-hydrogen) atoms. The van der Waals surface area contributed by atoms with E-state index in [1.807, 2.05) is 66.1 Å². The number of pyridine rings is 1. The Balaban J connectivity index is 1.31. The zero-order valence-electron chi connectivity index (χ0n) is 33.2. The highest BCUT2D eigenvalue weighted by Crippen LogP contribution is 2.33. The van der Waals surface area contributed by atoms with Gasteiger partial charge < -0.3 is 26.0 Å². The number of nitrogens with one attached hydrogen (secondary N) is 3. The van der Waals surface area contributed by atoms with Gasteiger partial charge in [-0.2, -0.15) is 0 Å². The van der Waals surface area contributed by atoms with Crippen LogP contribution in [0.5, 0.6) is 0 Å². The minimum atomic E-state index is -0.975. The molecule has 1 aliphatic rings. The Morgan fingerprint density at radius 2 is 1.64 bits per heavy atom. The fourth-order valence-corrected chi connectivity index (χ4v) is 6.91. The van der Waals surface area contributed by atoms with E-state index in [0.29, 0.717) is 48.7 Å². The Hall–Kier alpha value is -5.70. The second kappa shape index (κ2) is 18.8. The standard InChI is InChI=1S/C41H54N10O5/c1-26-22-34(38(53)43-20-7-21-50(5)6)44-25-33(26)29-12-8-27(9-13-29)23-35(36(42)52)51(32-18-16-30(17-19-32)37-46-48-49-47-37)39(54)31-14-10-28(11-15-31)24-45-40(55)56-41(2,3)4/h8-9,12-13,16-19,22,25,28,31,35H,7,10-11,14-15,20-21,23-24H2,1-6H3,(H2,42,52)(H,43,53)(H,45,55)(H,46,47,48,49)/t28-,31-,35-/m0/s1. The number of alkyl carbamates (subject to hydrolysis) is 1. The average molecular weight is 767 g/mol. The van der Waals surface area contributed by atoms with E-state index in [1.165, 1.54) is 0 Å². The summed E-state index contributed by atoms with van der Waals surface area (Å²) in [6.07, 6.45) is 4.94. The molecular weight excluding hydrogens is 713 g/mol. The number of H-pyrrole nitrogens is 1. The lowest BCUT2D eigenvalue weighted by atomic mass is 9.81. The number of nitrogens with two attached hydrogens (primary N) is 1. The van der Waals surface area contributed by atoms with Crippen molar-refractivity contribution in [1.29, 1.82) is 0 Å². The van der Waals surface area contributed by atoms with Crippen molar-refractivity contribution in [1.82, 2.24) is 41.1 Å². The number of hydrogen-bond donors (Lipinski definition) is 4. The SMILES string of the molecule is Cc1cc(C(=O)NCCCN(C)C)ncc1-c1ccc(C[C@@H](C(N)=O)N(c2ccc(-c3nnn[nH]3)cc2)C(=O)[C@H]2CC[C@H](CNC(=O)OC(C)(C)C)CC2)cc1. The first kappa shape index (κ1) is 41.5. The van der Waals surface area contributed by atoms with Crippen molar-refractivity contribution in [2.75, 3.05) is 38.6 Å². The summed E-state index contributed by atoms with van der Waals surface area (Å²) >= 11 is 0. The molecule has 4 aromatic rings. The molecule has 0 radical (unpaired) electrons. The largest absolute Gasteiger partial charge is 0.444 e. The van der Waals surface area contributed by atoms with Gasteiger partial charge in [0.2, 0.25) is 11.8 Å². The summed E-state index contributed by atoms with van der Waals surface area (Å²) in [6.45, 7) is 9.31. The van der Waals surface area contributed by atoms with Crippen molar-refractivity contribution in [3.05, 3.63) is 77.6 Å². The molecule has 1 saturated carbocycles. The minimum Gasteiger partial charge on any atom is -0.444 e. The van der Waals surface area contributed by atoms with E-state index >= 15 is 0 Å². The summed E-state index contributed by atoms with van der Waals surface area (Å²) in [6, 6.07) is 15.7. The lowest BCUT2D eigenvalue weighted by Gasteiger charge is -2.36. The molecule has 2 heterocycles. The highest BCUT2D eigenvalue weighted by Gasteiger charge is 2.36. The number of carbonyl (C=O) groups excluding carboxylic acids is 4. The molecule has 15 nitrogen and oxygen atoms in total. The molecule has 5 N–H and O–H groups in total. The Morgan fingerprint density at radius 3 is 2.23 bits per heavy atom. The van der Waals surface area contributed by atoms with Crippen LogP contribution >= 0.6 is 0 Å². The lowest BCUT2D eigenvalue weighted by molar-refractivity contribution is -0.127.